The number of halogens is 3. The maximum absolute atomic E-state index is 13.4. The third kappa shape index (κ3) is 5.46. The summed E-state index contributed by atoms with van der Waals surface area (Å²) in [5.74, 6) is -2.18. The summed E-state index contributed by atoms with van der Waals surface area (Å²) in [5.41, 5.74) is -1.44. The zero-order valence-electron chi connectivity index (χ0n) is 19.1. The number of nitro benzene ring substituents is 1. The number of ether oxygens (including phenoxy) is 2. The molecule has 1 amide bonds. The number of nitrogens with zero attached hydrogens (tertiary/aromatic N) is 3. The van der Waals surface area contributed by atoms with E-state index in [0.717, 1.165) is 46.4 Å². The lowest BCUT2D eigenvalue weighted by molar-refractivity contribution is -0.384. The number of carbonyl (C=O) groups is 2. The Morgan fingerprint density at radius 1 is 1.18 bits per heavy atom. The predicted octanol–water partition coefficient (Wildman–Crippen LogP) is 4.68. The third-order valence-electron chi connectivity index (χ3n) is 4.98. The Kier molecular flexibility index (Phi) is 7.12. The number of fused-ring (bicyclic) bond motifs is 1. The van der Waals surface area contributed by atoms with E-state index in [1.54, 1.807) is 6.92 Å². The Morgan fingerprint density at radius 2 is 1.89 bits per heavy atom. The maximum atomic E-state index is 13.4. The number of non-ortho nitro benzene ring substituents is 1. The lowest BCUT2D eigenvalue weighted by Crippen LogP contribution is -2.25. The van der Waals surface area contributed by atoms with Gasteiger partial charge >= 0.3 is 12.3 Å². The highest BCUT2D eigenvalue weighted by Crippen LogP contribution is 2.31. The topological polar surface area (TPSA) is 143 Å². The summed E-state index contributed by atoms with van der Waals surface area (Å²) < 4.78 is 47.2. The molecule has 38 heavy (non-hydrogen) atoms. The van der Waals surface area contributed by atoms with E-state index in [2.05, 4.69) is 15.2 Å². The Hall–Kier alpha value is -4.79. The molecule has 0 saturated carbocycles. The molecule has 0 atom stereocenters. The Morgan fingerprint density at radius 3 is 2.53 bits per heavy atom. The molecule has 2 heterocycles. The monoisotopic (exact) mass is 548 g/mol. The van der Waals surface area contributed by atoms with Crippen molar-refractivity contribution in [2.75, 3.05) is 11.9 Å². The van der Waals surface area contributed by atoms with Crippen LogP contribution in [0.1, 0.15) is 27.8 Å². The van der Waals surface area contributed by atoms with E-state index in [9.17, 15) is 37.7 Å². The van der Waals surface area contributed by atoms with Gasteiger partial charge in [-0.3, -0.25) is 19.7 Å². The second-order valence-corrected chi connectivity index (χ2v) is 8.32. The van der Waals surface area contributed by atoms with Gasteiger partial charge in [-0.1, -0.05) is 6.07 Å². The molecular formula is C23H15F3N4O7S. The second kappa shape index (κ2) is 10.3. The van der Waals surface area contributed by atoms with Crippen LogP contribution in [0.15, 0.2) is 58.7 Å². The zero-order chi connectivity index (χ0) is 27.6. The maximum Gasteiger partial charge on any atom is 0.573 e. The number of amides is 1. The van der Waals surface area contributed by atoms with Crippen molar-refractivity contribution in [1.29, 1.82) is 0 Å². The summed E-state index contributed by atoms with van der Waals surface area (Å²) in [7, 11) is 0. The minimum Gasteiger partial charge on any atom is -0.461 e. The summed E-state index contributed by atoms with van der Waals surface area (Å²) in [6.45, 7) is 1.55. The molecule has 0 aliphatic rings. The van der Waals surface area contributed by atoms with Crippen LogP contribution >= 0.6 is 11.3 Å². The number of thiophene rings is 1. The number of carbonyl (C=O) groups excluding carboxylic acids is 2. The van der Waals surface area contributed by atoms with Gasteiger partial charge in [0.05, 0.1) is 22.6 Å². The number of hydrogen-bond acceptors (Lipinski definition) is 9. The summed E-state index contributed by atoms with van der Waals surface area (Å²) in [5, 5.41) is 19.0. The van der Waals surface area contributed by atoms with E-state index >= 15 is 0 Å². The number of nitrogens with one attached hydrogen (secondary N) is 1. The quantitative estimate of drug-likeness (QED) is 0.199. The van der Waals surface area contributed by atoms with Gasteiger partial charge in [-0.2, -0.15) is 9.78 Å². The van der Waals surface area contributed by atoms with E-state index in [-0.39, 0.29) is 45.0 Å². The van der Waals surface area contributed by atoms with Crippen LogP contribution in [-0.4, -0.2) is 39.5 Å². The fraction of sp³-hybridized carbons (Fsp3) is 0.130. The van der Waals surface area contributed by atoms with Crippen LogP contribution in [0.2, 0.25) is 0 Å². The molecule has 196 valence electrons. The average molecular weight is 548 g/mol. The van der Waals surface area contributed by atoms with Crippen LogP contribution in [-0.2, 0) is 4.74 Å². The summed E-state index contributed by atoms with van der Waals surface area (Å²) >= 11 is 0.901. The highest BCUT2D eigenvalue weighted by atomic mass is 32.1. The first-order valence-electron chi connectivity index (χ1n) is 10.6. The molecule has 0 bridgehead atoms. The van der Waals surface area contributed by atoms with E-state index in [0.29, 0.717) is 0 Å². The largest absolute Gasteiger partial charge is 0.573 e. The number of nitro groups is 1. The normalized spacial score (nSPS) is 11.3. The van der Waals surface area contributed by atoms with Gasteiger partial charge in [0.2, 0.25) is 0 Å². The molecule has 0 aliphatic heterocycles. The summed E-state index contributed by atoms with van der Waals surface area (Å²) in [4.78, 5) is 49.2. The minimum absolute atomic E-state index is 0.000802. The van der Waals surface area contributed by atoms with E-state index in [4.69, 9.17) is 4.74 Å². The molecule has 15 heteroatoms. The highest BCUT2D eigenvalue weighted by Gasteiger charge is 2.31. The molecule has 0 spiro atoms. The third-order valence-corrected chi connectivity index (χ3v) is 5.88. The van der Waals surface area contributed by atoms with Crippen molar-refractivity contribution in [3.05, 3.63) is 85.6 Å². The first kappa shape index (κ1) is 26.3. The molecule has 0 saturated heterocycles. The van der Waals surface area contributed by atoms with Crippen molar-refractivity contribution in [1.82, 2.24) is 9.78 Å². The number of rotatable bonds is 7. The van der Waals surface area contributed by atoms with Crippen LogP contribution in [0, 0.1) is 10.1 Å². The van der Waals surface area contributed by atoms with Crippen LogP contribution in [0.5, 0.6) is 5.75 Å². The Balaban J connectivity index is 1.81. The number of benzene rings is 2. The van der Waals surface area contributed by atoms with Crippen LogP contribution in [0.4, 0.5) is 23.9 Å². The Labute approximate surface area is 214 Å². The van der Waals surface area contributed by atoms with Crippen molar-refractivity contribution in [3.63, 3.8) is 0 Å². The molecule has 2 aromatic heterocycles. The molecule has 11 nitrogen and oxygen atoms in total. The molecule has 2 aromatic carbocycles. The van der Waals surface area contributed by atoms with Crippen molar-refractivity contribution < 1.29 is 37.2 Å². The molecular weight excluding hydrogens is 533 g/mol. The number of anilines is 1. The predicted molar refractivity (Wildman–Crippen MR) is 129 cm³/mol. The van der Waals surface area contributed by atoms with E-state index in [1.165, 1.54) is 23.6 Å². The molecule has 0 fully saturated rings. The smallest absolute Gasteiger partial charge is 0.461 e. The highest BCUT2D eigenvalue weighted by molar-refractivity contribution is 7.16. The van der Waals surface area contributed by atoms with Crippen molar-refractivity contribution in [2.45, 2.75) is 13.3 Å². The fourth-order valence-corrected chi connectivity index (χ4v) is 4.32. The summed E-state index contributed by atoms with van der Waals surface area (Å²) in [6, 6.07) is 9.10. The van der Waals surface area contributed by atoms with Gasteiger partial charge in [-0.15, -0.1) is 24.5 Å². The van der Waals surface area contributed by atoms with Gasteiger partial charge in [-0.25, -0.2) is 4.79 Å². The number of alkyl halides is 3. The van der Waals surface area contributed by atoms with Gasteiger partial charge in [0.15, 0.2) is 5.69 Å². The van der Waals surface area contributed by atoms with Gasteiger partial charge in [-0.05, 0) is 37.3 Å². The molecule has 4 aromatic rings. The van der Waals surface area contributed by atoms with Gasteiger partial charge in [0, 0.05) is 28.5 Å². The van der Waals surface area contributed by atoms with Gasteiger partial charge in [0.1, 0.15) is 10.8 Å². The van der Waals surface area contributed by atoms with Crippen molar-refractivity contribution in [3.8, 4) is 11.4 Å². The molecule has 1 N–H and O–H groups in total. The number of hydrogen-bond donors (Lipinski definition) is 1. The fourth-order valence-electron chi connectivity index (χ4n) is 3.39. The van der Waals surface area contributed by atoms with Gasteiger partial charge in [0.25, 0.3) is 17.2 Å². The van der Waals surface area contributed by atoms with Crippen molar-refractivity contribution in [2.24, 2.45) is 0 Å². The second-order valence-electron chi connectivity index (χ2n) is 7.44. The van der Waals surface area contributed by atoms with Gasteiger partial charge < -0.3 is 14.8 Å². The van der Waals surface area contributed by atoms with Crippen LogP contribution in [0.3, 0.4) is 0 Å². The average Bonchev–Trinajstić information content (AvgIpc) is 3.28. The summed E-state index contributed by atoms with van der Waals surface area (Å²) in [6.07, 6.45) is -4.92. The van der Waals surface area contributed by atoms with Crippen molar-refractivity contribution >= 4 is 44.7 Å². The molecule has 4 rings (SSSR count). The SMILES string of the molecule is CCOC(=O)c1nn(-c2ccc(OC(F)(F)F)cc2)c(=O)c2c(NC(=O)c3cccc([N+](=O)[O-])c3)scc12. The lowest BCUT2D eigenvalue weighted by Gasteiger charge is -2.12. The van der Waals surface area contributed by atoms with E-state index in [1.807, 2.05) is 0 Å². The first-order chi connectivity index (χ1) is 18.0. The minimum atomic E-state index is -4.92. The molecule has 0 aliphatic carbocycles. The van der Waals surface area contributed by atoms with Crippen LogP contribution in [0.25, 0.3) is 16.5 Å². The lowest BCUT2D eigenvalue weighted by atomic mass is 10.2. The van der Waals surface area contributed by atoms with Crippen LogP contribution < -0.4 is 15.6 Å². The molecule has 0 radical (unpaired) electrons. The van der Waals surface area contributed by atoms with E-state index < -0.39 is 34.5 Å². The number of esters is 1. The molecule has 0 unspecified atom stereocenters. The standard InChI is InChI=1S/C23H15F3N4O7S/c1-2-36-22(33)18-16-11-38-20(27-19(31)12-4-3-5-14(10-12)30(34)35)17(16)21(32)29(28-18)13-6-8-15(9-7-13)37-23(24,25)26/h3-11H,2H2,1H3,(H,27,31). The number of aromatic nitrogens is 2. The zero-order valence-corrected chi connectivity index (χ0v) is 20.0. The Bertz CT molecular complexity index is 1610. The first-order valence-corrected chi connectivity index (χ1v) is 11.5.